The van der Waals surface area contributed by atoms with E-state index in [0.717, 1.165) is 11.6 Å². The number of carbonyl (C=O) groups is 1. The van der Waals surface area contributed by atoms with Gasteiger partial charge in [0.25, 0.3) is 0 Å². The zero-order valence-corrected chi connectivity index (χ0v) is 13.0. The molecule has 0 aromatic heterocycles. The Balaban J connectivity index is 2.02. The average Bonchev–Trinajstić information content (AvgIpc) is 2.65. The number of nitrogens with zero attached hydrogens (tertiary/aromatic N) is 1. The van der Waals surface area contributed by atoms with Gasteiger partial charge >= 0.3 is 5.97 Å². The van der Waals surface area contributed by atoms with Gasteiger partial charge in [0.1, 0.15) is 17.3 Å². The molecule has 3 rings (SSSR count). The second kappa shape index (κ2) is 6.02. The van der Waals surface area contributed by atoms with E-state index >= 15 is 0 Å². The molecule has 0 atom stereocenters. The number of sulfonamides is 1. The smallest absolute Gasteiger partial charge is 0.335 e. The SMILES string of the molecule is O=C(O)c1ccc2c(c1)S(=O)(=O)N(Cc1ccccc1)CCO2. The van der Waals surface area contributed by atoms with Gasteiger partial charge in [-0.15, -0.1) is 0 Å². The number of hydrogen-bond donors (Lipinski definition) is 1. The summed E-state index contributed by atoms with van der Waals surface area (Å²) < 4.78 is 32.5. The van der Waals surface area contributed by atoms with Gasteiger partial charge in [0, 0.05) is 13.1 Å². The highest BCUT2D eigenvalue weighted by Gasteiger charge is 2.31. The monoisotopic (exact) mass is 333 g/mol. The van der Waals surface area contributed by atoms with E-state index in [1.54, 1.807) is 0 Å². The second-order valence-electron chi connectivity index (χ2n) is 5.14. The third-order valence-electron chi connectivity index (χ3n) is 3.61. The molecule has 0 radical (unpaired) electrons. The van der Waals surface area contributed by atoms with Crippen molar-refractivity contribution >= 4 is 16.0 Å². The number of carboxylic acid groups (broad SMARTS) is 1. The lowest BCUT2D eigenvalue weighted by molar-refractivity contribution is 0.0696. The molecule has 0 amide bonds. The number of fused-ring (bicyclic) bond motifs is 1. The van der Waals surface area contributed by atoms with Gasteiger partial charge in [-0.2, -0.15) is 4.31 Å². The van der Waals surface area contributed by atoms with E-state index in [9.17, 15) is 13.2 Å². The van der Waals surface area contributed by atoms with Gasteiger partial charge in [-0.25, -0.2) is 13.2 Å². The summed E-state index contributed by atoms with van der Waals surface area (Å²) in [7, 11) is -3.83. The lowest BCUT2D eigenvalue weighted by Crippen LogP contribution is -2.32. The van der Waals surface area contributed by atoms with E-state index in [2.05, 4.69) is 0 Å². The molecular weight excluding hydrogens is 318 g/mol. The molecule has 0 unspecified atom stereocenters. The van der Waals surface area contributed by atoms with Crippen LogP contribution in [-0.2, 0) is 16.6 Å². The van der Waals surface area contributed by atoms with Crippen molar-refractivity contribution in [3.05, 3.63) is 59.7 Å². The number of hydrogen-bond acceptors (Lipinski definition) is 4. The van der Waals surface area contributed by atoms with Crippen LogP contribution in [0.2, 0.25) is 0 Å². The first kappa shape index (κ1) is 15.5. The van der Waals surface area contributed by atoms with Crippen molar-refractivity contribution in [3.63, 3.8) is 0 Å². The number of carboxylic acids is 1. The van der Waals surface area contributed by atoms with E-state index in [4.69, 9.17) is 9.84 Å². The highest BCUT2D eigenvalue weighted by molar-refractivity contribution is 7.89. The van der Waals surface area contributed by atoms with E-state index in [0.29, 0.717) is 0 Å². The molecule has 0 aliphatic carbocycles. The van der Waals surface area contributed by atoms with Crippen molar-refractivity contribution in [2.45, 2.75) is 11.4 Å². The van der Waals surface area contributed by atoms with Crippen LogP contribution in [-0.4, -0.2) is 37.0 Å². The van der Waals surface area contributed by atoms with Crippen LogP contribution in [0.5, 0.6) is 5.75 Å². The molecule has 1 N–H and O–H groups in total. The highest BCUT2D eigenvalue weighted by atomic mass is 32.2. The fraction of sp³-hybridized carbons (Fsp3) is 0.188. The first-order valence-electron chi connectivity index (χ1n) is 7.03. The van der Waals surface area contributed by atoms with Crippen molar-refractivity contribution in [1.82, 2.24) is 4.31 Å². The molecule has 120 valence electrons. The Morgan fingerprint density at radius 1 is 1.17 bits per heavy atom. The molecule has 23 heavy (non-hydrogen) atoms. The fourth-order valence-corrected chi connectivity index (χ4v) is 4.00. The minimum Gasteiger partial charge on any atom is -0.491 e. The molecule has 0 fully saturated rings. The largest absolute Gasteiger partial charge is 0.491 e. The average molecular weight is 333 g/mol. The van der Waals surface area contributed by atoms with Crippen LogP contribution in [0.3, 0.4) is 0 Å². The lowest BCUT2D eigenvalue weighted by atomic mass is 10.2. The van der Waals surface area contributed by atoms with Crippen LogP contribution in [0.4, 0.5) is 0 Å². The van der Waals surface area contributed by atoms with Crippen molar-refractivity contribution in [1.29, 1.82) is 0 Å². The fourth-order valence-electron chi connectivity index (χ4n) is 2.43. The summed E-state index contributed by atoms with van der Waals surface area (Å²) in [6.07, 6.45) is 0. The summed E-state index contributed by atoms with van der Waals surface area (Å²) in [5, 5.41) is 9.08. The Morgan fingerprint density at radius 3 is 2.61 bits per heavy atom. The third kappa shape index (κ3) is 3.06. The molecule has 1 aliphatic rings. The second-order valence-corrected chi connectivity index (χ2v) is 7.05. The molecular formula is C16H15NO5S. The molecule has 0 saturated carbocycles. The minimum absolute atomic E-state index is 0.0857. The molecule has 0 spiro atoms. The molecule has 6 nitrogen and oxygen atoms in total. The summed E-state index contributed by atoms with van der Waals surface area (Å²) in [6, 6.07) is 13.1. The van der Waals surface area contributed by atoms with Gasteiger partial charge in [-0.05, 0) is 23.8 Å². The minimum atomic E-state index is -3.83. The Morgan fingerprint density at radius 2 is 1.91 bits per heavy atom. The summed E-state index contributed by atoms with van der Waals surface area (Å²) in [4.78, 5) is 11.0. The first-order valence-corrected chi connectivity index (χ1v) is 8.47. The van der Waals surface area contributed by atoms with E-state index in [1.165, 1.54) is 16.4 Å². The Bertz CT molecular complexity index is 833. The number of rotatable bonds is 3. The maximum Gasteiger partial charge on any atom is 0.335 e. The summed E-state index contributed by atoms with van der Waals surface area (Å²) in [5.74, 6) is -0.993. The van der Waals surface area contributed by atoms with Crippen molar-refractivity contribution in [2.75, 3.05) is 13.2 Å². The maximum atomic E-state index is 12.9. The van der Waals surface area contributed by atoms with Crippen LogP contribution >= 0.6 is 0 Å². The molecule has 2 aromatic rings. The topological polar surface area (TPSA) is 83.9 Å². The van der Waals surface area contributed by atoms with Crippen molar-refractivity contribution in [3.8, 4) is 5.75 Å². The van der Waals surface area contributed by atoms with Gasteiger partial charge < -0.3 is 9.84 Å². The quantitative estimate of drug-likeness (QED) is 0.928. The van der Waals surface area contributed by atoms with E-state index in [1.807, 2.05) is 30.3 Å². The normalized spacial score (nSPS) is 16.9. The van der Waals surface area contributed by atoms with Gasteiger partial charge in [0.2, 0.25) is 10.0 Å². The van der Waals surface area contributed by atoms with Crippen LogP contribution in [0.25, 0.3) is 0 Å². The maximum absolute atomic E-state index is 12.9. The summed E-state index contributed by atoms with van der Waals surface area (Å²) in [5.41, 5.74) is 0.770. The predicted molar refractivity (Wildman–Crippen MR) is 82.9 cm³/mol. The Labute approximate surface area is 134 Å². The van der Waals surface area contributed by atoms with Gasteiger partial charge in [0.15, 0.2) is 0 Å². The number of ether oxygens (including phenoxy) is 1. The van der Waals surface area contributed by atoms with Crippen molar-refractivity contribution < 1.29 is 23.1 Å². The molecule has 7 heteroatoms. The lowest BCUT2D eigenvalue weighted by Gasteiger charge is -2.19. The predicted octanol–water partition coefficient (Wildman–Crippen LogP) is 1.97. The molecule has 0 saturated heterocycles. The van der Waals surface area contributed by atoms with Crippen LogP contribution < -0.4 is 4.74 Å². The zero-order chi connectivity index (χ0) is 16.4. The van der Waals surface area contributed by atoms with Crippen LogP contribution in [0, 0.1) is 0 Å². The Hall–Kier alpha value is -2.38. The molecule has 1 aliphatic heterocycles. The summed E-state index contributed by atoms with van der Waals surface area (Å²) in [6.45, 7) is 0.628. The van der Waals surface area contributed by atoms with E-state index < -0.39 is 16.0 Å². The first-order chi connectivity index (χ1) is 11.0. The van der Waals surface area contributed by atoms with E-state index in [-0.39, 0.29) is 35.9 Å². The van der Waals surface area contributed by atoms with Crippen LogP contribution in [0.15, 0.2) is 53.4 Å². The Kier molecular flexibility index (Phi) is 4.06. The number of aromatic carboxylic acids is 1. The highest BCUT2D eigenvalue weighted by Crippen LogP contribution is 2.31. The zero-order valence-electron chi connectivity index (χ0n) is 12.2. The van der Waals surface area contributed by atoms with Crippen molar-refractivity contribution in [2.24, 2.45) is 0 Å². The third-order valence-corrected chi connectivity index (χ3v) is 5.47. The number of benzene rings is 2. The summed E-state index contributed by atoms with van der Waals surface area (Å²) >= 11 is 0. The molecule has 1 heterocycles. The standard InChI is InChI=1S/C16H15NO5S/c18-16(19)13-6-7-14-15(10-13)23(20,21)17(8-9-22-14)11-12-4-2-1-3-5-12/h1-7,10H,8-9,11H2,(H,18,19). The molecule has 0 bridgehead atoms. The van der Waals surface area contributed by atoms with Crippen LogP contribution in [0.1, 0.15) is 15.9 Å². The van der Waals surface area contributed by atoms with Gasteiger partial charge in [-0.3, -0.25) is 0 Å². The molecule has 2 aromatic carbocycles. The van der Waals surface area contributed by atoms with Gasteiger partial charge in [-0.1, -0.05) is 30.3 Å². The van der Waals surface area contributed by atoms with Gasteiger partial charge in [0.05, 0.1) is 5.56 Å².